The van der Waals surface area contributed by atoms with E-state index in [1.165, 1.54) is 29.6 Å². The molecule has 1 fully saturated rings. The molecule has 1 aliphatic rings. The molecule has 1 aliphatic heterocycles. The van der Waals surface area contributed by atoms with Gasteiger partial charge in [0.2, 0.25) is 6.10 Å². The molecule has 3 heterocycles. The van der Waals surface area contributed by atoms with E-state index in [1.807, 2.05) is 0 Å². The normalized spacial score (nSPS) is 19.9. The van der Waals surface area contributed by atoms with Crippen molar-refractivity contribution in [3.63, 3.8) is 0 Å². The Kier molecular flexibility index (Phi) is 6.37. The van der Waals surface area contributed by atoms with Crippen LogP contribution >= 0.6 is 11.3 Å². The zero-order valence-electron chi connectivity index (χ0n) is 16.1. The summed E-state index contributed by atoms with van der Waals surface area (Å²) in [6.07, 6.45) is 1.01. The average molecular weight is 488 g/mol. The third kappa shape index (κ3) is 4.81. The first-order valence-corrected chi connectivity index (χ1v) is 10.9. The van der Waals surface area contributed by atoms with E-state index in [2.05, 4.69) is 25.5 Å². The maximum absolute atomic E-state index is 12.8. The van der Waals surface area contributed by atoms with Crippen LogP contribution in [-0.2, 0) is 36.1 Å². The second kappa shape index (κ2) is 8.85. The van der Waals surface area contributed by atoms with Crippen LogP contribution in [0.25, 0.3) is 0 Å². The van der Waals surface area contributed by atoms with E-state index < -0.39 is 52.0 Å². The van der Waals surface area contributed by atoms with Gasteiger partial charge in [-0.2, -0.15) is 13.5 Å². The van der Waals surface area contributed by atoms with E-state index >= 15 is 0 Å². The molecule has 0 bridgehead atoms. The van der Waals surface area contributed by atoms with Crippen molar-refractivity contribution in [1.29, 1.82) is 0 Å². The zero-order valence-corrected chi connectivity index (χ0v) is 17.7. The topological polar surface area (TPSA) is 232 Å². The molecule has 5 N–H and O–H groups in total. The lowest BCUT2D eigenvalue weighted by Gasteiger charge is -2.43. The number of nitrogen functional groups attached to an aromatic ring is 1. The molecule has 1 unspecified atom stereocenters. The number of amides is 2. The minimum Gasteiger partial charge on any atom is -0.478 e. The number of rotatable bonds is 9. The quantitative estimate of drug-likeness (QED) is 0.126. The van der Waals surface area contributed by atoms with Gasteiger partial charge >= 0.3 is 16.3 Å². The number of aromatic nitrogens is 4. The van der Waals surface area contributed by atoms with Gasteiger partial charge in [-0.05, 0) is 6.92 Å². The van der Waals surface area contributed by atoms with Gasteiger partial charge in [-0.25, -0.2) is 19.1 Å². The Morgan fingerprint density at radius 1 is 1.47 bits per heavy atom. The van der Waals surface area contributed by atoms with Gasteiger partial charge in [-0.3, -0.25) is 18.8 Å². The Labute approximate surface area is 183 Å². The molecule has 2 aromatic heterocycles. The predicted octanol–water partition coefficient (Wildman–Crippen LogP) is -2.29. The fourth-order valence-electron chi connectivity index (χ4n) is 2.65. The Morgan fingerprint density at radius 2 is 2.19 bits per heavy atom. The van der Waals surface area contributed by atoms with E-state index in [0.29, 0.717) is 0 Å². The van der Waals surface area contributed by atoms with Gasteiger partial charge in [0.25, 0.3) is 11.8 Å². The van der Waals surface area contributed by atoms with Crippen molar-refractivity contribution in [3.8, 4) is 0 Å². The van der Waals surface area contributed by atoms with E-state index in [-0.39, 0.29) is 21.7 Å². The van der Waals surface area contributed by atoms with Gasteiger partial charge in [0.1, 0.15) is 24.4 Å². The average Bonchev–Trinajstić information content (AvgIpc) is 3.36. The number of thiazole rings is 1. The molecule has 172 valence electrons. The second-order valence-electron chi connectivity index (χ2n) is 6.34. The van der Waals surface area contributed by atoms with Crippen LogP contribution in [0.5, 0.6) is 0 Å². The number of hydrogen-bond donors (Lipinski definition) is 4. The molecule has 0 aliphatic carbocycles. The molecule has 2 amide bonds. The molecule has 0 aromatic carbocycles. The lowest BCUT2D eigenvalue weighted by Crippen LogP contribution is -2.73. The van der Waals surface area contributed by atoms with Crippen LogP contribution in [0.3, 0.4) is 0 Å². The van der Waals surface area contributed by atoms with Crippen molar-refractivity contribution < 1.29 is 37.3 Å². The predicted molar refractivity (Wildman–Crippen MR) is 105 cm³/mol. The number of aliphatic carboxylic acids is 1. The Hall–Kier alpha value is -3.64. The van der Waals surface area contributed by atoms with Crippen LogP contribution < -0.4 is 11.1 Å². The second-order valence-corrected chi connectivity index (χ2v) is 8.52. The number of nitrogens with two attached hydrogens (primary N) is 1. The van der Waals surface area contributed by atoms with Gasteiger partial charge in [-0.15, -0.1) is 11.3 Å². The number of β-lactam (4-membered cyclic amide) rings is 1. The maximum Gasteiger partial charge on any atom is 0.362 e. The van der Waals surface area contributed by atoms with Gasteiger partial charge in [0, 0.05) is 5.38 Å². The van der Waals surface area contributed by atoms with E-state index in [1.54, 1.807) is 0 Å². The van der Waals surface area contributed by atoms with Crippen LogP contribution in [0, 0.1) is 0 Å². The Bertz CT molecular complexity index is 1160. The molecule has 0 spiro atoms. The van der Waals surface area contributed by atoms with Gasteiger partial charge in [0.05, 0.1) is 12.6 Å². The molecule has 0 radical (unpaired) electrons. The van der Waals surface area contributed by atoms with Crippen LogP contribution in [0.2, 0.25) is 0 Å². The molecule has 16 nitrogen and oxygen atoms in total. The maximum atomic E-state index is 12.8. The molecule has 2 aromatic rings. The van der Waals surface area contributed by atoms with Crippen molar-refractivity contribution in [2.45, 2.75) is 31.7 Å². The molecule has 3 atom stereocenters. The number of nitrogens with zero attached hydrogens (tertiary/aromatic N) is 6. The van der Waals surface area contributed by atoms with E-state index in [9.17, 15) is 27.4 Å². The van der Waals surface area contributed by atoms with Crippen molar-refractivity contribution in [2.75, 3.05) is 5.73 Å². The summed E-state index contributed by atoms with van der Waals surface area (Å²) >= 11 is 0.965. The minimum absolute atomic E-state index is 0.0613. The summed E-state index contributed by atoms with van der Waals surface area (Å²) in [5.41, 5.74) is 5.00. The number of hydrogen-bond acceptors (Lipinski definition) is 12. The van der Waals surface area contributed by atoms with Crippen LogP contribution in [0.4, 0.5) is 5.13 Å². The van der Waals surface area contributed by atoms with Gasteiger partial charge in [-0.1, -0.05) is 5.16 Å². The molecule has 3 rings (SSSR count). The first-order valence-electron chi connectivity index (χ1n) is 8.61. The molecule has 0 saturated carbocycles. The van der Waals surface area contributed by atoms with Gasteiger partial charge < -0.3 is 21.0 Å². The third-order valence-corrected chi connectivity index (χ3v) is 5.80. The highest BCUT2D eigenvalue weighted by molar-refractivity contribution is 7.84. The Balaban J connectivity index is 1.85. The Morgan fingerprint density at radius 3 is 2.72 bits per heavy atom. The van der Waals surface area contributed by atoms with Crippen molar-refractivity contribution in [3.05, 3.63) is 23.7 Å². The third-order valence-electron chi connectivity index (χ3n) is 4.17. The lowest BCUT2D eigenvalue weighted by molar-refractivity contribution is -0.149. The van der Waals surface area contributed by atoms with Crippen molar-refractivity contribution in [2.24, 2.45) is 5.16 Å². The highest BCUT2D eigenvalue weighted by atomic mass is 32.2. The monoisotopic (exact) mass is 488 g/mol. The molecular weight excluding hydrogens is 472 g/mol. The highest BCUT2D eigenvalue weighted by Gasteiger charge is 2.54. The number of carboxylic acid groups (broad SMARTS) is 1. The molecule has 18 heteroatoms. The summed E-state index contributed by atoms with van der Waals surface area (Å²) in [6.45, 7) is 0.948. The highest BCUT2D eigenvalue weighted by Crippen LogP contribution is 2.25. The SMILES string of the molecule is CC(O/N=C(\C(=O)N[C@@H]1C(=O)N(S(=O)(=O)O)[C@@H]1Cn1cncn1)c1csc(N)n1)C(=O)O. The zero-order chi connectivity index (χ0) is 23.6. The largest absolute Gasteiger partial charge is 0.478 e. The minimum atomic E-state index is -4.91. The molecule has 1 saturated heterocycles. The molecule has 32 heavy (non-hydrogen) atoms. The van der Waals surface area contributed by atoms with Crippen molar-refractivity contribution >= 4 is 50.3 Å². The summed E-state index contributed by atoms with van der Waals surface area (Å²) in [5, 5.41) is 20.0. The van der Waals surface area contributed by atoms with E-state index in [4.69, 9.17) is 15.7 Å². The summed E-state index contributed by atoms with van der Waals surface area (Å²) < 4.78 is 33.9. The summed E-state index contributed by atoms with van der Waals surface area (Å²) in [7, 11) is -4.91. The van der Waals surface area contributed by atoms with Crippen LogP contribution in [0.15, 0.2) is 23.2 Å². The summed E-state index contributed by atoms with van der Waals surface area (Å²) in [6, 6.07) is -2.63. The fraction of sp³-hybridized carbons (Fsp3) is 0.357. The number of nitrogens with one attached hydrogen (secondary N) is 1. The van der Waals surface area contributed by atoms with Crippen LogP contribution in [-0.4, -0.2) is 83.8 Å². The fourth-order valence-corrected chi connectivity index (χ4v) is 4.07. The van der Waals surface area contributed by atoms with Crippen molar-refractivity contribution in [1.82, 2.24) is 29.4 Å². The standard InChI is InChI=1S/C14H16N8O8S2/c1-6(13(25)26)30-20-9(7-3-31-14(15)18-7)11(23)19-10-8(2-21-5-16-4-17-21)22(12(10)24)32(27,28)29/h3-6,8,10H,2H2,1H3,(H2,15,18)(H,19,23)(H,25,26)(H,27,28,29)/b20-9-/t6?,8-,10+/m1/s1. The summed E-state index contributed by atoms with van der Waals surface area (Å²) in [4.78, 5) is 48.5. The number of carbonyl (C=O) groups excluding carboxylic acids is 2. The summed E-state index contributed by atoms with van der Waals surface area (Å²) in [5.74, 6) is -3.48. The number of oxime groups is 1. The number of anilines is 1. The number of carbonyl (C=O) groups is 3. The van der Waals surface area contributed by atoms with E-state index in [0.717, 1.165) is 11.3 Å². The van der Waals surface area contributed by atoms with Gasteiger partial charge in [0.15, 0.2) is 10.8 Å². The molecular formula is C14H16N8O8S2. The first kappa shape index (κ1) is 23.0. The smallest absolute Gasteiger partial charge is 0.362 e. The lowest BCUT2D eigenvalue weighted by atomic mass is 9.98. The van der Waals surface area contributed by atoms with Crippen LogP contribution in [0.1, 0.15) is 12.6 Å². The first-order chi connectivity index (χ1) is 15.0. The number of carboxylic acids is 1.